The third kappa shape index (κ3) is 30.4. The number of methoxy groups -OCH3 is 2. The summed E-state index contributed by atoms with van der Waals surface area (Å²) < 4.78 is 67.8. The fourth-order valence-electron chi connectivity index (χ4n) is 11.9. The molecule has 113 heavy (non-hydrogen) atoms. The van der Waals surface area contributed by atoms with Crippen LogP contribution in [0.3, 0.4) is 0 Å². The minimum Gasteiger partial charge on any atom is -0.490 e. The molecule has 5 amide bonds. The molecule has 0 aromatic heterocycles. The number of aliphatic hydroxyl groups is 6. The lowest BCUT2D eigenvalue weighted by Gasteiger charge is -2.47. The van der Waals surface area contributed by atoms with Gasteiger partial charge in [-0.3, -0.25) is 24.0 Å². The van der Waals surface area contributed by atoms with Crippen molar-refractivity contribution in [2.45, 2.75) is 105 Å². The summed E-state index contributed by atoms with van der Waals surface area (Å²) in [6.45, 7) is 3.72. The van der Waals surface area contributed by atoms with Gasteiger partial charge in [-0.1, -0.05) is 90.0 Å². The average Bonchev–Trinajstić information content (AvgIpc) is 0.767. The van der Waals surface area contributed by atoms with Crippen molar-refractivity contribution >= 4 is 65.0 Å². The summed E-state index contributed by atoms with van der Waals surface area (Å²) in [5.74, 6) is -7.18. The first-order valence-corrected chi connectivity index (χ1v) is 39.4. The first-order chi connectivity index (χ1) is 54.7. The van der Waals surface area contributed by atoms with E-state index in [1.165, 1.54) is 48.6 Å². The number of nitrogens with zero attached hydrogens (tertiary/aromatic N) is 3. The van der Waals surface area contributed by atoms with Crippen molar-refractivity contribution in [1.29, 1.82) is 0 Å². The lowest BCUT2D eigenvalue weighted by molar-refractivity contribution is -0.311. The number of nitrogens with one attached hydrogen (secondary N) is 5. The number of carbonyl (C=O) groups excluding carboxylic acids is 7. The smallest absolute Gasteiger partial charge is 0.366 e. The van der Waals surface area contributed by atoms with Crippen LogP contribution >= 0.6 is 23.5 Å². The number of carbonyl (C=O) groups is 7. The number of hydrogen-bond donors (Lipinski definition) is 11. The number of amides is 5. The molecule has 5 aromatic rings. The van der Waals surface area contributed by atoms with Gasteiger partial charge in [0.2, 0.25) is 5.91 Å². The maximum atomic E-state index is 13.8. The Kier molecular flexibility index (Phi) is 40.7. The molecular weight excluding hydrogens is 1510 g/mol. The van der Waals surface area contributed by atoms with Crippen molar-refractivity contribution in [3.05, 3.63) is 160 Å². The van der Waals surface area contributed by atoms with Crippen molar-refractivity contribution in [1.82, 2.24) is 26.6 Å². The maximum Gasteiger partial charge on any atom is 0.366 e. The zero-order chi connectivity index (χ0) is 81.2. The molecule has 0 radical (unpaired) electrons. The van der Waals surface area contributed by atoms with Gasteiger partial charge >= 0.3 is 11.9 Å². The largest absolute Gasteiger partial charge is 0.490 e. The van der Waals surface area contributed by atoms with Gasteiger partial charge in [0.05, 0.1) is 136 Å². The van der Waals surface area contributed by atoms with E-state index in [1.807, 2.05) is 60.7 Å². The first-order valence-electron chi connectivity index (χ1n) is 37.1. The van der Waals surface area contributed by atoms with E-state index in [4.69, 9.17) is 62.4 Å². The van der Waals surface area contributed by atoms with Gasteiger partial charge in [-0.2, -0.15) is 23.5 Å². The monoisotopic (exact) mass is 1620 g/mol. The van der Waals surface area contributed by atoms with Crippen LogP contribution in [0.2, 0.25) is 0 Å². The Morgan fingerprint density at radius 2 is 0.973 bits per heavy atom. The lowest BCUT2D eigenvalue weighted by atomic mass is 9.88. The van der Waals surface area contributed by atoms with Crippen LogP contribution in [0.1, 0.15) is 80.5 Å². The Balaban J connectivity index is 0.853. The topological polar surface area (TPSA) is 461 Å². The second-order valence-electron chi connectivity index (χ2n) is 26.0. The minimum absolute atomic E-state index is 0.00934. The van der Waals surface area contributed by atoms with Crippen LogP contribution in [0, 0.1) is 0 Å². The van der Waals surface area contributed by atoms with Crippen LogP contribution in [-0.2, 0) is 66.5 Å². The molecule has 2 heterocycles. The molecule has 33 nitrogen and oxygen atoms in total. The Morgan fingerprint density at radius 3 is 1.46 bits per heavy atom. The second kappa shape index (κ2) is 50.1. The molecule has 618 valence electrons. The number of hydrogen-bond acceptors (Lipinski definition) is 28. The van der Waals surface area contributed by atoms with Crippen LogP contribution < -0.4 is 31.3 Å². The van der Waals surface area contributed by atoms with Crippen molar-refractivity contribution in [2.24, 2.45) is 5.11 Å². The fraction of sp³-hybridized carbons (Fsp3) is 0.526. The molecule has 0 aliphatic carbocycles. The number of rotatable bonds is 52. The summed E-state index contributed by atoms with van der Waals surface area (Å²) in [5, 5.41) is 84.2. The molecule has 7 rings (SSSR count). The predicted octanol–water partition coefficient (Wildman–Crippen LogP) is 3.77. The zero-order valence-corrected chi connectivity index (χ0v) is 65.1. The molecule has 5 aromatic carbocycles. The van der Waals surface area contributed by atoms with Crippen LogP contribution in [0.15, 0.2) is 133 Å². The van der Waals surface area contributed by atoms with Gasteiger partial charge < -0.3 is 114 Å². The third-order valence-electron chi connectivity index (χ3n) is 17.7. The summed E-state index contributed by atoms with van der Waals surface area (Å²) in [6, 6.07) is 35.8. The van der Waals surface area contributed by atoms with Gasteiger partial charge in [0.25, 0.3) is 35.2 Å². The lowest BCUT2D eigenvalue weighted by Crippen LogP contribution is -2.68. The molecule has 2 aliphatic rings. The van der Waals surface area contributed by atoms with E-state index in [0.29, 0.717) is 87.7 Å². The van der Waals surface area contributed by atoms with Crippen LogP contribution in [0.5, 0.6) is 5.75 Å². The highest BCUT2D eigenvalue weighted by Gasteiger charge is 2.57. The quantitative estimate of drug-likeness (QED) is 0.00867. The van der Waals surface area contributed by atoms with E-state index < -0.39 is 121 Å². The highest BCUT2D eigenvalue weighted by atomic mass is 32.2. The van der Waals surface area contributed by atoms with Crippen molar-refractivity contribution < 1.29 is 121 Å². The fourth-order valence-corrected chi connectivity index (χ4v) is 13.5. The average molecular weight is 1620 g/mol. The molecule has 2 fully saturated rings. The van der Waals surface area contributed by atoms with E-state index in [9.17, 15) is 64.2 Å². The van der Waals surface area contributed by atoms with E-state index in [2.05, 4.69) is 36.6 Å². The van der Waals surface area contributed by atoms with Crippen LogP contribution in [-0.4, -0.2) is 294 Å². The summed E-state index contributed by atoms with van der Waals surface area (Å²) in [5.41, 5.74) is 12.9. The number of ether oxygens (including phenoxy) is 12. The second-order valence-corrected chi connectivity index (χ2v) is 28.4. The SMILES string of the molecule is COC(=O)[C@@]1(OCCCSCCNC(=O)c2ccc(C(=O)NCCSCCCO[C@]3(C(=O)OC)C[C@H](O)C[C@H]([C@H](O)[C@H](O)CNC(=O)c4ccc(-c5ccccc5)cc4)O3)cc2OCCOCCOCCOCCOCCOCCN=[N+]=[N-])C[C@H](O)[C@@H](NC(C)=O)[C@H]([C@H](O)[C@H](O)CNC(=O)c2ccc(-c3ccccc3)cc2)O1. The molecule has 0 saturated carbocycles. The maximum absolute atomic E-state index is 13.8. The molecule has 0 bridgehead atoms. The Bertz CT molecular complexity index is 3770. The van der Waals surface area contributed by atoms with Gasteiger partial charge in [-0.05, 0) is 94.6 Å². The van der Waals surface area contributed by atoms with Crippen molar-refractivity contribution in [3.8, 4) is 28.0 Å². The molecule has 11 atom stereocenters. The number of benzene rings is 5. The Morgan fingerprint density at radius 1 is 0.531 bits per heavy atom. The molecule has 11 N–H and O–H groups in total. The predicted molar refractivity (Wildman–Crippen MR) is 416 cm³/mol. The molecule has 0 spiro atoms. The van der Waals surface area contributed by atoms with E-state index >= 15 is 0 Å². The van der Waals surface area contributed by atoms with E-state index in [0.717, 1.165) is 36.5 Å². The normalized spacial score (nSPS) is 19.7. The van der Waals surface area contributed by atoms with Crippen molar-refractivity contribution in [3.63, 3.8) is 0 Å². The van der Waals surface area contributed by atoms with Crippen LogP contribution in [0.4, 0.5) is 0 Å². The molecule has 0 unspecified atom stereocenters. The van der Waals surface area contributed by atoms with Crippen LogP contribution in [0.25, 0.3) is 32.7 Å². The zero-order valence-electron chi connectivity index (χ0n) is 63.5. The molecular formula is C78H104N8O25S2. The summed E-state index contributed by atoms with van der Waals surface area (Å²) in [6.07, 6.45) is -12.9. The molecule has 2 aliphatic heterocycles. The Hall–Kier alpha value is -8.40. The number of thioether (sulfide) groups is 2. The first kappa shape index (κ1) is 91.8. The van der Waals surface area contributed by atoms with E-state index in [1.54, 1.807) is 48.5 Å². The van der Waals surface area contributed by atoms with Gasteiger partial charge in [0, 0.05) is 92.0 Å². The third-order valence-corrected chi connectivity index (χ3v) is 19.8. The van der Waals surface area contributed by atoms with Crippen molar-refractivity contribution in [2.75, 3.05) is 156 Å². The van der Waals surface area contributed by atoms with Gasteiger partial charge in [0.1, 0.15) is 30.7 Å². The highest BCUT2D eigenvalue weighted by molar-refractivity contribution is 7.99. The van der Waals surface area contributed by atoms with Gasteiger partial charge in [0.15, 0.2) is 0 Å². The number of azide groups is 1. The summed E-state index contributed by atoms with van der Waals surface area (Å²) in [4.78, 5) is 95.3. The van der Waals surface area contributed by atoms with Gasteiger partial charge in [-0.15, -0.1) is 0 Å². The van der Waals surface area contributed by atoms with E-state index in [-0.39, 0.29) is 101 Å². The standard InChI is InChI=1S/C78H104N8O25S2/c1-52(87)85-67-62(89)49-78(76(99)101-3,111-70(67)69(93)64(91)51-83-72(95)58-22-18-56(19-23-58)54-14-8-5-9-15-54)109-30-11-43-113-45-28-81-74(97)61-25-24-59(46-65(61)107-41-40-106-39-38-105-37-36-104-35-34-103-33-32-102-31-26-84-86-79)73(96)80-27-44-112-42-10-29-108-77(75(98)100-2)48-60(88)47-66(110-77)68(92)63(90)50-82-71(94)57-20-16-55(17-21-57)53-12-6-4-7-13-53/h4-9,12-25,46,60,62-64,66-70,88-93H,10-11,26-45,47-51H2,1-3H3,(H,80,96)(H,81,97)(H,82,94)(H,83,95)(H,85,87)/t60-,62+,63-,64-,66-,67-,68-,69-,70-,77-,78-/m1/s1. The summed E-state index contributed by atoms with van der Waals surface area (Å²) in [7, 11) is 2.20. The number of esters is 2. The van der Waals surface area contributed by atoms with Gasteiger partial charge in [-0.25, -0.2) is 9.59 Å². The molecule has 35 heteroatoms. The number of aliphatic hydroxyl groups excluding tert-OH is 6. The highest BCUT2D eigenvalue weighted by Crippen LogP contribution is 2.37. The summed E-state index contributed by atoms with van der Waals surface area (Å²) >= 11 is 2.90. The molecule has 2 saturated heterocycles. The minimum atomic E-state index is -2.30. The Labute approximate surface area is 664 Å².